The Morgan fingerprint density at radius 2 is 2.06 bits per heavy atom. The Kier molecular flexibility index (Phi) is 3.36. The van der Waals surface area contributed by atoms with Crippen LogP contribution in [0.15, 0.2) is 29.0 Å². The highest BCUT2D eigenvalue weighted by Crippen LogP contribution is 2.28. The van der Waals surface area contributed by atoms with E-state index in [2.05, 4.69) is 4.98 Å². The lowest BCUT2D eigenvalue weighted by Gasteiger charge is -2.03. The lowest BCUT2D eigenvalue weighted by Crippen LogP contribution is -2.07. The average Bonchev–Trinajstić information content (AvgIpc) is 2.78. The van der Waals surface area contributed by atoms with Crippen molar-refractivity contribution in [1.29, 1.82) is 0 Å². The van der Waals surface area contributed by atoms with Gasteiger partial charge in [0.1, 0.15) is 11.6 Å². The molecule has 0 saturated heterocycles. The third-order valence-corrected chi connectivity index (χ3v) is 2.23. The summed E-state index contributed by atoms with van der Waals surface area (Å²) in [4.78, 5) is 15.2. The van der Waals surface area contributed by atoms with Gasteiger partial charge in [0.25, 0.3) is 0 Å². The van der Waals surface area contributed by atoms with E-state index >= 15 is 0 Å². The standard InChI is InChI=1S/C12H9F2NO3/c1-2-17-12(16)10-11(18-6-15-10)9-7(13)4-3-5-8(9)14/h3-6H,2H2,1H3. The second-order valence-electron chi connectivity index (χ2n) is 3.35. The van der Waals surface area contributed by atoms with Crippen molar-refractivity contribution in [2.45, 2.75) is 6.92 Å². The molecule has 0 spiro atoms. The van der Waals surface area contributed by atoms with Crippen LogP contribution in [0.2, 0.25) is 0 Å². The number of rotatable bonds is 3. The third kappa shape index (κ3) is 2.09. The van der Waals surface area contributed by atoms with E-state index in [-0.39, 0.29) is 18.1 Å². The van der Waals surface area contributed by atoms with Gasteiger partial charge in [0, 0.05) is 0 Å². The van der Waals surface area contributed by atoms with Crippen molar-refractivity contribution in [3.8, 4) is 11.3 Å². The smallest absolute Gasteiger partial charge is 0.360 e. The van der Waals surface area contributed by atoms with Crippen LogP contribution in [0.3, 0.4) is 0 Å². The summed E-state index contributed by atoms with van der Waals surface area (Å²) in [5, 5.41) is 0. The zero-order chi connectivity index (χ0) is 13.1. The molecule has 0 saturated carbocycles. The summed E-state index contributed by atoms with van der Waals surface area (Å²) < 4.78 is 36.7. The Balaban J connectivity index is 2.52. The number of hydrogen-bond acceptors (Lipinski definition) is 4. The average molecular weight is 253 g/mol. The van der Waals surface area contributed by atoms with Gasteiger partial charge in [-0.2, -0.15) is 0 Å². The molecule has 0 bridgehead atoms. The van der Waals surface area contributed by atoms with E-state index in [1.165, 1.54) is 6.07 Å². The van der Waals surface area contributed by atoms with E-state index in [0.29, 0.717) is 0 Å². The first-order valence-corrected chi connectivity index (χ1v) is 5.20. The zero-order valence-corrected chi connectivity index (χ0v) is 9.44. The molecule has 2 aromatic rings. The fraction of sp³-hybridized carbons (Fsp3) is 0.167. The number of ether oxygens (including phenoxy) is 1. The first-order chi connectivity index (χ1) is 8.65. The SMILES string of the molecule is CCOC(=O)c1ncoc1-c1c(F)cccc1F. The molecule has 6 heteroatoms. The van der Waals surface area contributed by atoms with Crippen molar-refractivity contribution in [2.24, 2.45) is 0 Å². The Morgan fingerprint density at radius 3 is 2.67 bits per heavy atom. The van der Waals surface area contributed by atoms with Crippen LogP contribution in [0.4, 0.5) is 8.78 Å². The number of nitrogens with zero attached hydrogens (tertiary/aromatic N) is 1. The minimum Gasteiger partial charge on any atom is -0.461 e. The lowest BCUT2D eigenvalue weighted by molar-refractivity contribution is 0.0520. The molecule has 1 aromatic heterocycles. The summed E-state index contributed by atoms with van der Waals surface area (Å²) in [6.45, 7) is 1.74. The van der Waals surface area contributed by atoms with Crippen LogP contribution >= 0.6 is 0 Å². The van der Waals surface area contributed by atoms with Gasteiger partial charge in [0.05, 0.1) is 12.2 Å². The van der Waals surface area contributed by atoms with Crippen molar-refractivity contribution < 1.29 is 22.7 Å². The molecule has 0 radical (unpaired) electrons. The Morgan fingerprint density at radius 1 is 1.39 bits per heavy atom. The Hall–Kier alpha value is -2.24. The fourth-order valence-electron chi connectivity index (χ4n) is 1.48. The van der Waals surface area contributed by atoms with E-state index < -0.39 is 23.2 Å². The number of hydrogen-bond donors (Lipinski definition) is 0. The predicted molar refractivity (Wildman–Crippen MR) is 57.8 cm³/mol. The first kappa shape index (κ1) is 12.2. The molecular formula is C12H9F2NO3. The summed E-state index contributed by atoms with van der Waals surface area (Å²) in [5.74, 6) is -2.73. The number of esters is 1. The van der Waals surface area contributed by atoms with Gasteiger partial charge < -0.3 is 9.15 Å². The second kappa shape index (κ2) is 4.95. The summed E-state index contributed by atoms with van der Waals surface area (Å²) in [5.41, 5.74) is -0.682. The van der Waals surface area contributed by atoms with Gasteiger partial charge in [-0.1, -0.05) is 6.07 Å². The number of oxazole rings is 1. The van der Waals surface area contributed by atoms with Gasteiger partial charge in [-0.25, -0.2) is 18.6 Å². The zero-order valence-electron chi connectivity index (χ0n) is 9.44. The number of aromatic nitrogens is 1. The second-order valence-corrected chi connectivity index (χ2v) is 3.35. The van der Waals surface area contributed by atoms with E-state index in [0.717, 1.165) is 18.5 Å². The van der Waals surface area contributed by atoms with Gasteiger partial charge in [-0.15, -0.1) is 0 Å². The van der Waals surface area contributed by atoms with Crippen LogP contribution in [-0.4, -0.2) is 17.6 Å². The predicted octanol–water partition coefficient (Wildman–Crippen LogP) is 2.80. The molecule has 0 aliphatic carbocycles. The fourth-order valence-corrected chi connectivity index (χ4v) is 1.48. The van der Waals surface area contributed by atoms with Crippen LogP contribution in [0.25, 0.3) is 11.3 Å². The molecule has 0 N–H and O–H groups in total. The van der Waals surface area contributed by atoms with Crippen LogP contribution in [0, 0.1) is 11.6 Å². The quantitative estimate of drug-likeness (QED) is 0.789. The monoisotopic (exact) mass is 253 g/mol. The van der Waals surface area contributed by atoms with E-state index in [1.807, 2.05) is 0 Å². The minimum absolute atomic E-state index is 0.130. The molecule has 1 aromatic carbocycles. The maximum atomic E-state index is 13.6. The summed E-state index contributed by atoms with van der Waals surface area (Å²) in [6, 6.07) is 3.35. The van der Waals surface area contributed by atoms with Crippen LogP contribution in [-0.2, 0) is 4.74 Å². The molecule has 0 unspecified atom stereocenters. The topological polar surface area (TPSA) is 52.3 Å². The molecule has 4 nitrogen and oxygen atoms in total. The third-order valence-electron chi connectivity index (χ3n) is 2.23. The van der Waals surface area contributed by atoms with Crippen molar-refractivity contribution in [3.63, 3.8) is 0 Å². The largest absolute Gasteiger partial charge is 0.461 e. The number of halogens is 2. The van der Waals surface area contributed by atoms with Gasteiger partial charge in [0.2, 0.25) is 0 Å². The molecule has 94 valence electrons. The number of carbonyl (C=O) groups excluding carboxylic acids is 1. The normalized spacial score (nSPS) is 10.4. The van der Waals surface area contributed by atoms with Crippen LogP contribution in [0.5, 0.6) is 0 Å². The van der Waals surface area contributed by atoms with Gasteiger partial charge in [-0.05, 0) is 19.1 Å². The highest BCUT2D eigenvalue weighted by atomic mass is 19.1. The Bertz CT molecular complexity index is 560. The van der Waals surface area contributed by atoms with Crippen LogP contribution < -0.4 is 0 Å². The molecule has 0 aliphatic heterocycles. The summed E-state index contributed by atoms with van der Waals surface area (Å²) in [6.07, 6.45) is 0.938. The van der Waals surface area contributed by atoms with Gasteiger partial charge in [-0.3, -0.25) is 0 Å². The molecule has 18 heavy (non-hydrogen) atoms. The molecule has 0 aliphatic rings. The molecule has 1 heterocycles. The minimum atomic E-state index is -0.836. The van der Waals surface area contributed by atoms with Crippen molar-refractivity contribution in [2.75, 3.05) is 6.61 Å². The lowest BCUT2D eigenvalue weighted by atomic mass is 10.1. The molecule has 0 fully saturated rings. The molecule has 2 rings (SSSR count). The summed E-state index contributed by atoms with van der Waals surface area (Å²) >= 11 is 0. The van der Waals surface area contributed by atoms with Crippen molar-refractivity contribution in [3.05, 3.63) is 41.9 Å². The van der Waals surface area contributed by atoms with Crippen LogP contribution in [0.1, 0.15) is 17.4 Å². The molecule has 0 atom stereocenters. The Labute approximate surface area is 101 Å². The highest BCUT2D eigenvalue weighted by molar-refractivity contribution is 5.93. The van der Waals surface area contributed by atoms with E-state index in [1.54, 1.807) is 6.92 Å². The summed E-state index contributed by atoms with van der Waals surface area (Å²) in [7, 11) is 0. The van der Waals surface area contributed by atoms with E-state index in [4.69, 9.17) is 9.15 Å². The van der Waals surface area contributed by atoms with Crippen molar-refractivity contribution >= 4 is 5.97 Å². The van der Waals surface area contributed by atoms with Gasteiger partial charge in [0.15, 0.2) is 17.8 Å². The first-order valence-electron chi connectivity index (χ1n) is 5.20. The van der Waals surface area contributed by atoms with Gasteiger partial charge >= 0.3 is 5.97 Å². The number of carbonyl (C=O) groups is 1. The molecular weight excluding hydrogens is 244 g/mol. The maximum Gasteiger partial charge on any atom is 0.360 e. The van der Waals surface area contributed by atoms with Crippen molar-refractivity contribution in [1.82, 2.24) is 4.98 Å². The maximum absolute atomic E-state index is 13.6. The number of benzene rings is 1. The van der Waals surface area contributed by atoms with E-state index in [9.17, 15) is 13.6 Å². The molecule has 0 amide bonds. The highest BCUT2D eigenvalue weighted by Gasteiger charge is 2.24.